The van der Waals surface area contributed by atoms with Crippen LogP contribution in [-0.4, -0.2) is 31.9 Å². The van der Waals surface area contributed by atoms with E-state index in [0.29, 0.717) is 13.0 Å². The largest absolute Gasteiger partial charge is 0.396 e. The van der Waals surface area contributed by atoms with Crippen molar-refractivity contribution in [3.8, 4) is 0 Å². The fourth-order valence-corrected chi connectivity index (χ4v) is 1.81. The topological polar surface area (TPSA) is 63.8 Å². The Morgan fingerprint density at radius 1 is 1.17 bits per heavy atom. The van der Waals surface area contributed by atoms with Crippen LogP contribution < -0.4 is 0 Å². The molecule has 0 radical (unpaired) electrons. The maximum Gasteiger partial charge on any atom is 0.151 e. The average Bonchev–Trinajstić information content (AvgIpc) is 2.83. The number of aliphatic hydroxyl groups excluding tert-OH is 1. The molecule has 0 unspecified atom stereocenters. The van der Waals surface area contributed by atoms with E-state index in [2.05, 4.69) is 46.7 Å². The van der Waals surface area contributed by atoms with Gasteiger partial charge in [-0.25, -0.2) is 4.68 Å². The van der Waals surface area contributed by atoms with Crippen molar-refractivity contribution in [2.75, 3.05) is 6.61 Å². The average molecular weight is 246 g/mol. The lowest BCUT2D eigenvalue weighted by Crippen LogP contribution is -2.08. The monoisotopic (exact) mass is 246 g/mol. The molecule has 0 bridgehead atoms. The number of tetrazole rings is 1. The van der Waals surface area contributed by atoms with Crippen molar-refractivity contribution in [2.24, 2.45) is 0 Å². The molecule has 0 spiro atoms. The summed E-state index contributed by atoms with van der Waals surface area (Å²) in [6.07, 6.45) is 2.43. The van der Waals surface area contributed by atoms with Gasteiger partial charge in [-0.2, -0.15) is 0 Å². The minimum absolute atomic E-state index is 0.164. The number of hydrogen-bond acceptors (Lipinski definition) is 4. The molecular formula is C13H18N4O. The third-order valence-corrected chi connectivity index (χ3v) is 2.89. The van der Waals surface area contributed by atoms with Crippen LogP contribution in [0.2, 0.25) is 0 Å². The maximum absolute atomic E-state index is 8.81. The van der Waals surface area contributed by atoms with E-state index < -0.39 is 0 Å². The molecule has 96 valence electrons. The van der Waals surface area contributed by atoms with E-state index in [4.69, 9.17) is 5.11 Å². The van der Waals surface area contributed by atoms with Crippen LogP contribution in [0.25, 0.3) is 0 Å². The predicted octanol–water partition coefficient (Wildman–Crippen LogP) is 1.15. The number of aromatic nitrogens is 4. The third kappa shape index (κ3) is 3.37. The van der Waals surface area contributed by atoms with Crippen LogP contribution in [0.1, 0.15) is 23.4 Å². The summed E-state index contributed by atoms with van der Waals surface area (Å²) in [6, 6.07) is 8.50. The molecule has 0 amide bonds. The normalized spacial score (nSPS) is 10.8. The van der Waals surface area contributed by atoms with Gasteiger partial charge in [0, 0.05) is 19.6 Å². The first-order valence-electron chi connectivity index (χ1n) is 6.21. The number of rotatable bonds is 6. The van der Waals surface area contributed by atoms with Crippen LogP contribution in [-0.2, 0) is 19.4 Å². The molecule has 5 heteroatoms. The SMILES string of the molecule is Cc1ccc(CCc2nnnn2CCCO)cc1. The number of nitrogens with zero attached hydrogens (tertiary/aromatic N) is 4. The van der Waals surface area contributed by atoms with Crippen molar-refractivity contribution < 1.29 is 5.11 Å². The Morgan fingerprint density at radius 3 is 2.67 bits per heavy atom. The van der Waals surface area contributed by atoms with Gasteiger partial charge in [0.2, 0.25) is 0 Å². The summed E-state index contributed by atoms with van der Waals surface area (Å²) in [4.78, 5) is 0. The predicted molar refractivity (Wildman–Crippen MR) is 68.1 cm³/mol. The second-order valence-corrected chi connectivity index (χ2v) is 4.38. The molecule has 0 saturated carbocycles. The Hall–Kier alpha value is -1.75. The Bertz CT molecular complexity index is 478. The highest BCUT2D eigenvalue weighted by Crippen LogP contribution is 2.07. The molecule has 0 saturated heterocycles. The van der Waals surface area contributed by atoms with Gasteiger partial charge in [-0.1, -0.05) is 29.8 Å². The van der Waals surface area contributed by atoms with Gasteiger partial charge in [0.1, 0.15) is 0 Å². The number of benzene rings is 1. The molecule has 1 N–H and O–H groups in total. The Kier molecular flexibility index (Phi) is 4.41. The Balaban J connectivity index is 1.93. The quantitative estimate of drug-likeness (QED) is 0.830. The molecule has 1 aromatic heterocycles. The molecule has 0 fully saturated rings. The molecule has 0 atom stereocenters. The molecule has 0 aliphatic rings. The van der Waals surface area contributed by atoms with Crippen molar-refractivity contribution in [3.63, 3.8) is 0 Å². The molecule has 0 aliphatic carbocycles. The fourth-order valence-electron chi connectivity index (χ4n) is 1.81. The van der Waals surface area contributed by atoms with Gasteiger partial charge < -0.3 is 5.11 Å². The standard InChI is InChI=1S/C13H18N4O/c1-11-3-5-12(6-4-11)7-8-13-14-15-16-17(13)9-2-10-18/h3-6,18H,2,7-10H2,1H3. The highest BCUT2D eigenvalue weighted by atomic mass is 16.3. The first kappa shape index (κ1) is 12.7. The molecule has 2 aromatic rings. The molecule has 18 heavy (non-hydrogen) atoms. The van der Waals surface area contributed by atoms with Gasteiger partial charge in [0.05, 0.1) is 0 Å². The van der Waals surface area contributed by atoms with Gasteiger partial charge in [0.25, 0.3) is 0 Å². The zero-order valence-electron chi connectivity index (χ0n) is 10.6. The Morgan fingerprint density at radius 2 is 1.94 bits per heavy atom. The second-order valence-electron chi connectivity index (χ2n) is 4.38. The van der Waals surface area contributed by atoms with Crippen LogP contribution in [0, 0.1) is 6.92 Å². The van der Waals surface area contributed by atoms with Crippen molar-refractivity contribution in [1.29, 1.82) is 0 Å². The minimum atomic E-state index is 0.164. The summed E-state index contributed by atoms with van der Waals surface area (Å²) in [5.74, 6) is 0.879. The van der Waals surface area contributed by atoms with E-state index in [9.17, 15) is 0 Å². The summed E-state index contributed by atoms with van der Waals surface area (Å²) in [6.45, 7) is 2.92. The van der Waals surface area contributed by atoms with Gasteiger partial charge >= 0.3 is 0 Å². The zero-order valence-corrected chi connectivity index (χ0v) is 10.6. The molecule has 1 heterocycles. The van der Waals surface area contributed by atoms with Gasteiger partial charge in [0.15, 0.2) is 5.82 Å². The zero-order chi connectivity index (χ0) is 12.8. The smallest absolute Gasteiger partial charge is 0.151 e. The lowest BCUT2D eigenvalue weighted by molar-refractivity contribution is 0.275. The summed E-state index contributed by atoms with van der Waals surface area (Å²) in [7, 11) is 0. The van der Waals surface area contributed by atoms with E-state index in [1.807, 2.05) is 0 Å². The van der Waals surface area contributed by atoms with Crippen LogP contribution in [0.15, 0.2) is 24.3 Å². The summed E-state index contributed by atoms with van der Waals surface area (Å²) >= 11 is 0. The van der Waals surface area contributed by atoms with Crippen molar-refractivity contribution in [1.82, 2.24) is 20.2 Å². The minimum Gasteiger partial charge on any atom is -0.396 e. The lowest BCUT2D eigenvalue weighted by Gasteiger charge is -2.04. The number of aryl methyl sites for hydroxylation is 4. The van der Waals surface area contributed by atoms with Crippen LogP contribution >= 0.6 is 0 Å². The Labute approximate surface area is 106 Å². The number of hydrogen-bond donors (Lipinski definition) is 1. The van der Waals surface area contributed by atoms with E-state index in [1.165, 1.54) is 11.1 Å². The number of aliphatic hydroxyl groups is 1. The van der Waals surface area contributed by atoms with Crippen molar-refractivity contribution >= 4 is 0 Å². The molecule has 1 aromatic carbocycles. The van der Waals surface area contributed by atoms with E-state index >= 15 is 0 Å². The molecule has 2 rings (SSSR count). The summed E-state index contributed by atoms with van der Waals surface area (Å²) in [5.41, 5.74) is 2.56. The highest BCUT2D eigenvalue weighted by molar-refractivity contribution is 5.21. The third-order valence-electron chi connectivity index (χ3n) is 2.89. The van der Waals surface area contributed by atoms with Crippen LogP contribution in [0.3, 0.4) is 0 Å². The first-order valence-corrected chi connectivity index (χ1v) is 6.21. The van der Waals surface area contributed by atoms with E-state index in [-0.39, 0.29) is 6.61 Å². The van der Waals surface area contributed by atoms with Crippen LogP contribution in [0.5, 0.6) is 0 Å². The maximum atomic E-state index is 8.81. The van der Waals surface area contributed by atoms with Gasteiger partial charge in [-0.05, 0) is 35.8 Å². The van der Waals surface area contributed by atoms with E-state index in [1.54, 1.807) is 4.68 Å². The summed E-state index contributed by atoms with van der Waals surface area (Å²) < 4.78 is 1.77. The lowest BCUT2D eigenvalue weighted by atomic mass is 10.1. The van der Waals surface area contributed by atoms with E-state index in [0.717, 1.165) is 18.7 Å². The van der Waals surface area contributed by atoms with Gasteiger partial charge in [-0.3, -0.25) is 0 Å². The second kappa shape index (κ2) is 6.26. The van der Waals surface area contributed by atoms with Crippen LogP contribution in [0.4, 0.5) is 0 Å². The highest BCUT2D eigenvalue weighted by Gasteiger charge is 2.05. The first-order chi connectivity index (χ1) is 8.79. The van der Waals surface area contributed by atoms with Crippen molar-refractivity contribution in [3.05, 3.63) is 41.2 Å². The molecule has 5 nitrogen and oxygen atoms in total. The molecular weight excluding hydrogens is 228 g/mol. The van der Waals surface area contributed by atoms with Gasteiger partial charge in [-0.15, -0.1) is 5.10 Å². The summed E-state index contributed by atoms with van der Waals surface area (Å²) in [5, 5.41) is 20.4. The molecule has 0 aliphatic heterocycles. The van der Waals surface area contributed by atoms with Crippen molar-refractivity contribution in [2.45, 2.75) is 32.7 Å². The fraction of sp³-hybridized carbons (Fsp3) is 0.462.